The van der Waals surface area contributed by atoms with Crippen molar-refractivity contribution in [2.75, 3.05) is 32.3 Å². The molecule has 0 aliphatic rings. The number of fused-ring (bicyclic) bond motifs is 1. The van der Waals surface area contributed by atoms with Gasteiger partial charge in [-0.2, -0.15) is 0 Å². The monoisotopic (exact) mass is 490 g/mol. The number of nitrogens with zero attached hydrogens (tertiary/aromatic N) is 3. The van der Waals surface area contributed by atoms with Crippen LogP contribution < -0.4 is 10.1 Å². The van der Waals surface area contributed by atoms with Crippen LogP contribution in [-0.2, 0) is 21.4 Å². The predicted octanol–water partition coefficient (Wildman–Crippen LogP) is 4.07. The predicted molar refractivity (Wildman–Crippen MR) is 132 cm³/mol. The van der Waals surface area contributed by atoms with Crippen molar-refractivity contribution in [3.05, 3.63) is 42.5 Å². The minimum absolute atomic E-state index is 0.00377. The summed E-state index contributed by atoms with van der Waals surface area (Å²) in [6.07, 6.45) is 1.01. The summed E-state index contributed by atoms with van der Waals surface area (Å²) in [6.45, 7) is 5.18. The van der Waals surface area contributed by atoms with E-state index in [0.717, 1.165) is 33.5 Å². The maximum atomic E-state index is 12.7. The van der Waals surface area contributed by atoms with Crippen LogP contribution in [0.15, 0.2) is 52.5 Å². The van der Waals surface area contributed by atoms with Crippen molar-refractivity contribution in [3.63, 3.8) is 0 Å². The summed E-state index contributed by atoms with van der Waals surface area (Å²) in [5.41, 5.74) is 2.34. The van der Waals surface area contributed by atoms with Gasteiger partial charge in [-0.05, 0) is 42.7 Å². The number of aryl methyl sites for hydroxylation is 1. The molecule has 0 fully saturated rings. The minimum Gasteiger partial charge on any atom is -0.495 e. The highest BCUT2D eigenvalue weighted by Gasteiger charge is 2.23. The first-order chi connectivity index (χ1) is 15.6. The highest BCUT2D eigenvalue weighted by atomic mass is 32.2. The fourth-order valence-electron chi connectivity index (χ4n) is 3.25. The molecule has 33 heavy (non-hydrogen) atoms. The van der Waals surface area contributed by atoms with Crippen LogP contribution in [0.25, 0.3) is 11.0 Å². The van der Waals surface area contributed by atoms with E-state index in [-0.39, 0.29) is 22.3 Å². The molecule has 1 amide bonds. The van der Waals surface area contributed by atoms with Crippen LogP contribution in [0, 0.1) is 5.92 Å². The first-order valence-electron chi connectivity index (χ1n) is 10.6. The summed E-state index contributed by atoms with van der Waals surface area (Å²) in [4.78, 5) is 17.4. The Hall–Kier alpha value is -2.56. The molecule has 0 spiro atoms. The second kappa shape index (κ2) is 10.6. The van der Waals surface area contributed by atoms with Gasteiger partial charge in [0.05, 0.1) is 23.9 Å². The van der Waals surface area contributed by atoms with E-state index in [1.165, 1.54) is 45.1 Å². The average Bonchev–Trinajstić information content (AvgIpc) is 3.13. The van der Waals surface area contributed by atoms with Crippen LogP contribution in [0.4, 0.5) is 5.69 Å². The van der Waals surface area contributed by atoms with E-state index in [0.29, 0.717) is 11.6 Å². The van der Waals surface area contributed by atoms with Crippen molar-refractivity contribution >= 4 is 44.4 Å². The van der Waals surface area contributed by atoms with E-state index >= 15 is 0 Å². The Balaban J connectivity index is 1.76. The van der Waals surface area contributed by atoms with E-state index in [4.69, 9.17) is 9.72 Å². The van der Waals surface area contributed by atoms with Gasteiger partial charge in [0, 0.05) is 26.3 Å². The third-order valence-electron chi connectivity index (χ3n) is 5.09. The van der Waals surface area contributed by atoms with Crippen LogP contribution in [0.5, 0.6) is 5.75 Å². The molecule has 8 nitrogen and oxygen atoms in total. The maximum Gasteiger partial charge on any atom is 0.246 e. The summed E-state index contributed by atoms with van der Waals surface area (Å²) >= 11 is 1.36. The Morgan fingerprint density at radius 2 is 1.94 bits per heavy atom. The number of carbonyl (C=O) groups is 1. The molecule has 0 aliphatic carbocycles. The van der Waals surface area contributed by atoms with Gasteiger partial charge in [-0.3, -0.25) is 4.79 Å². The SMILES string of the molecule is COc1ccc(NC(=O)CSc2nc3ccccc3n2CCC(C)C)cc1S(=O)(=O)N(C)C. The number of ether oxygens (including phenoxy) is 1. The van der Waals surface area contributed by atoms with Gasteiger partial charge < -0.3 is 14.6 Å². The van der Waals surface area contributed by atoms with Gasteiger partial charge in [0.1, 0.15) is 10.6 Å². The minimum atomic E-state index is -3.73. The van der Waals surface area contributed by atoms with Gasteiger partial charge in [0.15, 0.2) is 5.16 Å². The largest absolute Gasteiger partial charge is 0.495 e. The number of hydrogen-bond donors (Lipinski definition) is 1. The number of thioether (sulfide) groups is 1. The van der Waals surface area contributed by atoms with Gasteiger partial charge in [-0.15, -0.1) is 0 Å². The molecule has 0 saturated carbocycles. The molecule has 0 radical (unpaired) electrons. The van der Waals surface area contributed by atoms with Crippen LogP contribution >= 0.6 is 11.8 Å². The molecule has 3 aromatic rings. The Bertz CT molecular complexity index is 1240. The van der Waals surface area contributed by atoms with Crippen molar-refractivity contribution in [2.24, 2.45) is 5.92 Å². The van der Waals surface area contributed by atoms with Crippen LogP contribution in [-0.4, -0.2) is 55.1 Å². The molecule has 3 rings (SSSR count). The highest BCUT2D eigenvalue weighted by molar-refractivity contribution is 7.99. The Labute approximate surface area is 199 Å². The third-order valence-corrected chi connectivity index (χ3v) is 7.90. The first-order valence-corrected chi connectivity index (χ1v) is 13.0. The fraction of sp³-hybridized carbons (Fsp3) is 0.391. The van der Waals surface area contributed by atoms with E-state index in [1.54, 1.807) is 6.07 Å². The highest BCUT2D eigenvalue weighted by Crippen LogP contribution is 2.29. The Kier molecular flexibility index (Phi) is 8.04. The van der Waals surface area contributed by atoms with Crippen molar-refractivity contribution in [2.45, 2.75) is 36.9 Å². The lowest BCUT2D eigenvalue weighted by Gasteiger charge is -2.16. The van der Waals surface area contributed by atoms with Crippen molar-refractivity contribution in [1.82, 2.24) is 13.9 Å². The third kappa shape index (κ3) is 5.87. The molecule has 0 aliphatic heterocycles. The fourth-order valence-corrected chi connectivity index (χ4v) is 5.16. The van der Waals surface area contributed by atoms with E-state index in [9.17, 15) is 13.2 Å². The lowest BCUT2D eigenvalue weighted by atomic mass is 10.1. The number of imidazole rings is 1. The average molecular weight is 491 g/mol. The molecule has 10 heteroatoms. The van der Waals surface area contributed by atoms with Gasteiger partial charge in [0.2, 0.25) is 15.9 Å². The zero-order valence-corrected chi connectivity index (χ0v) is 21.2. The molecule has 1 heterocycles. The normalized spacial score (nSPS) is 12.0. The second-order valence-corrected chi connectivity index (χ2v) is 11.3. The maximum absolute atomic E-state index is 12.7. The molecule has 0 atom stereocenters. The second-order valence-electron chi connectivity index (χ2n) is 8.21. The lowest BCUT2D eigenvalue weighted by Crippen LogP contribution is -2.23. The molecular weight excluding hydrogens is 460 g/mol. The Morgan fingerprint density at radius 1 is 1.21 bits per heavy atom. The van der Waals surface area contributed by atoms with Crippen LogP contribution in [0.1, 0.15) is 20.3 Å². The zero-order chi connectivity index (χ0) is 24.2. The van der Waals surface area contributed by atoms with Crippen molar-refractivity contribution < 1.29 is 17.9 Å². The molecule has 1 aromatic heterocycles. The molecule has 178 valence electrons. The zero-order valence-electron chi connectivity index (χ0n) is 19.5. The number of methoxy groups -OCH3 is 1. The van der Waals surface area contributed by atoms with Crippen molar-refractivity contribution in [3.8, 4) is 5.75 Å². The smallest absolute Gasteiger partial charge is 0.246 e. The summed E-state index contributed by atoms with van der Waals surface area (Å²) in [5, 5.41) is 3.57. The van der Waals surface area contributed by atoms with Gasteiger partial charge in [0.25, 0.3) is 0 Å². The number of nitrogens with one attached hydrogen (secondary N) is 1. The molecule has 1 N–H and O–H groups in total. The van der Waals surface area contributed by atoms with E-state index in [2.05, 4.69) is 23.7 Å². The lowest BCUT2D eigenvalue weighted by molar-refractivity contribution is -0.113. The topological polar surface area (TPSA) is 93.5 Å². The van der Waals surface area contributed by atoms with Crippen molar-refractivity contribution in [1.29, 1.82) is 0 Å². The van der Waals surface area contributed by atoms with E-state index in [1.807, 2.05) is 24.3 Å². The molecular formula is C23H30N4O4S2. The van der Waals surface area contributed by atoms with Gasteiger partial charge >= 0.3 is 0 Å². The number of aromatic nitrogens is 2. The standard InChI is InChI=1S/C23H30N4O4S2/c1-16(2)12-13-27-19-9-7-6-8-18(19)25-23(27)32-15-22(28)24-17-10-11-20(31-5)21(14-17)33(29,30)26(3)4/h6-11,14,16H,12-13,15H2,1-5H3,(H,24,28). The number of para-hydroxylation sites is 2. The molecule has 0 unspecified atom stereocenters. The molecule has 0 bridgehead atoms. The summed E-state index contributed by atoms with van der Waals surface area (Å²) < 4.78 is 33.7. The number of amides is 1. The number of benzene rings is 2. The number of carbonyl (C=O) groups excluding carboxylic acids is 1. The summed E-state index contributed by atoms with van der Waals surface area (Å²) in [5.74, 6) is 0.665. The first kappa shape index (κ1) is 25.1. The molecule has 0 saturated heterocycles. The summed E-state index contributed by atoms with van der Waals surface area (Å²) in [7, 11) is 0.571. The number of rotatable bonds is 10. The van der Waals surface area contributed by atoms with Crippen LogP contribution in [0.2, 0.25) is 0 Å². The molecule has 2 aromatic carbocycles. The number of hydrogen-bond acceptors (Lipinski definition) is 6. The quantitative estimate of drug-likeness (QED) is 0.431. The number of anilines is 1. The van der Waals surface area contributed by atoms with Gasteiger partial charge in [-0.25, -0.2) is 17.7 Å². The summed E-state index contributed by atoms with van der Waals surface area (Å²) in [6, 6.07) is 12.5. The van der Waals surface area contributed by atoms with Crippen LogP contribution in [0.3, 0.4) is 0 Å². The van der Waals surface area contributed by atoms with Gasteiger partial charge in [-0.1, -0.05) is 37.7 Å². The Morgan fingerprint density at radius 3 is 2.61 bits per heavy atom. The number of sulfonamides is 1. The van der Waals surface area contributed by atoms with E-state index < -0.39 is 10.0 Å².